The van der Waals surface area contributed by atoms with Crippen molar-refractivity contribution in [3.8, 4) is 0 Å². The number of nitrogens with two attached hydrogens (primary N) is 1. The van der Waals surface area contributed by atoms with Crippen molar-refractivity contribution in [2.24, 2.45) is 5.73 Å². The Morgan fingerprint density at radius 1 is 1.12 bits per heavy atom. The molecule has 2 aromatic rings. The van der Waals surface area contributed by atoms with Crippen molar-refractivity contribution < 1.29 is 22.0 Å². The van der Waals surface area contributed by atoms with Crippen LogP contribution in [0.1, 0.15) is 16.1 Å². The molecule has 0 atom stereocenters. The summed E-state index contributed by atoms with van der Waals surface area (Å²) in [6.45, 7) is 2.33. The number of piperazine rings is 1. The second-order valence-electron chi connectivity index (χ2n) is 6.07. The van der Waals surface area contributed by atoms with Crippen molar-refractivity contribution >= 4 is 15.9 Å². The van der Waals surface area contributed by atoms with E-state index in [9.17, 15) is 17.6 Å². The van der Waals surface area contributed by atoms with Gasteiger partial charge in [0.05, 0.1) is 0 Å². The van der Waals surface area contributed by atoms with Gasteiger partial charge in [0.25, 0.3) is 15.9 Å². The third kappa shape index (κ3) is 3.95. The Kier molecular flexibility index (Phi) is 5.40. The van der Waals surface area contributed by atoms with Crippen LogP contribution in [0, 0.1) is 5.82 Å². The molecule has 1 aromatic heterocycles. The minimum atomic E-state index is -3.80. The maximum absolute atomic E-state index is 13.7. The Morgan fingerprint density at radius 2 is 1.81 bits per heavy atom. The van der Waals surface area contributed by atoms with Crippen molar-refractivity contribution in [3.05, 3.63) is 53.5 Å². The van der Waals surface area contributed by atoms with E-state index in [4.69, 9.17) is 10.2 Å². The summed E-state index contributed by atoms with van der Waals surface area (Å²) in [6, 6.07) is 9.13. The molecule has 0 aliphatic carbocycles. The van der Waals surface area contributed by atoms with Gasteiger partial charge in [-0.15, -0.1) is 0 Å². The molecule has 1 saturated heterocycles. The number of hydrogen-bond donors (Lipinski definition) is 1. The molecule has 0 bridgehead atoms. The van der Waals surface area contributed by atoms with Gasteiger partial charge in [-0.25, -0.2) is 12.8 Å². The lowest BCUT2D eigenvalue weighted by molar-refractivity contribution is 0.0968. The molecule has 3 rings (SSSR count). The molecule has 1 amide bonds. The van der Waals surface area contributed by atoms with Crippen LogP contribution in [-0.2, 0) is 16.4 Å². The van der Waals surface area contributed by atoms with E-state index in [1.54, 1.807) is 18.2 Å². The molecule has 0 unspecified atom stereocenters. The van der Waals surface area contributed by atoms with E-state index in [-0.39, 0.29) is 16.7 Å². The number of benzene rings is 1. The first kappa shape index (κ1) is 18.6. The Balaban J connectivity index is 1.57. The highest BCUT2D eigenvalue weighted by Crippen LogP contribution is 2.20. The van der Waals surface area contributed by atoms with Gasteiger partial charge in [-0.2, -0.15) is 4.31 Å². The molecule has 1 aliphatic rings. The lowest BCUT2D eigenvalue weighted by Gasteiger charge is -2.33. The summed E-state index contributed by atoms with van der Waals surface area (Å²) in [5.74, 6) is -1.23. The number of furan rings is 1. The number of hydrogen-bond acceptors (Lipinski definition) is 5. The largest absolute Gasteiger partial charge is 0.438 e. The Labute approximate surface area is 151 Å². The zero-order chi connectivity index (χ0) is 18.7. The van der Waals surface area contributed by atoms with Crippen LogP contribution in [-0.4, -0.2) is 56.3 Å². The number of primary amides is 1. The fourth-order valence-corrected chi connectivity index (χ4v) is 4.23. The lowest BCUT2D eigenvalue weighted by Crippen LogP contribution is -2.48. The van der Waals surface area contributed by atoms with Gasteiger partial charge in [0.1, 0.15) is 5.82 Å². The van der Waals surface area contributed by atoms with E-state index in [1.807, 2.05) is 0 Å². The SMILES string of the molecule is NC(=O)c1ccc(S(=O)(=O)N2CCN(CCc3ccccc3F)CC2)o1. The minimum Gasteiger partial charge on any atom is -0.438 e. The predicted molar refractivity (Wildman–Crippen MR) is 92.5 cm³/mol. The number of nitrogens with zero attached hydrogens (tertiary/aromatic N) is 2. The van der Waals surface area contributed by atoms with Gasteiger partial charge in [0.15, 0.2) is 5.76 Å². The third-order valence-electron chi connectivity index (χ3n) is 4.40. The number of rotatable bonds is 6. The van der Waals surface area contributed by atoms with Gasteiger partial charge in [0.2, 0.25) is 5.09 Å². The van der Waals surface area contributed by atoms with E-state index < -0.39 is 15.9 Å². The normalized spacial score (nSPS) is 16.7. The first-order valence-electron chi connectivity index (χ1n) is 8.23. The second kappa shape index (κ2) is 7.56. The van der Waals surface area contributed by atoms with Crippen molar-refractivity contribution in [3.63, 3.8) is 0 Å². The molecule has 26 heavy (non-hydrogen) atoms. The Hall–Kier alpha value is -2.23. The van der Waals surface area contributed by atoms with Crippen molar-refractivity contribution in [2.45, 2.75) is 11.5 Å². The molecule has 0 radical (unpaired) electrons. The Morgan fingerprint density at radius 3 is 2.42 bits per heavy atom. The van der Waals surface area contributed by atoms with Crippen LogP contribution >= 0.6 is 0 Å². The van der Waals surface area contributed by atoms with E-state index >= 15 is 0 Å². The molecule has 2 heterocycles. The van der Waals surface area contributed by atoms with Gasteiger partial charge in [0, 0.05) is 32.7 Å². The third-order valence-corrected chi connectivity index (χ3v) is 6.18. The van der Waals surface area contributed by atoms with Crippen molar-refractivity contribution in [1.29, 1.82) is 0 Å². The van der Waals surface area contributed by atoms with Gasteiger partial charge < -0.3 is 15.1 Å². The van der Waals surface area contributed by atoms with Crippen LogP contribution in [0.15, 0.2) is 45.9 Å². The van der Waals surface area contributed by atoms with Gasteiger partial charge in [-0.3, -0.25) is 4.79 Å². The van der Waals surface area contributed by atoms with Crippen molar-refractivity contribution in [1.82, 2.24) is 9.21 Å². The fourth-order valence-electron chi connectivity index (χ4n) is 2.89. The molecule has 0 saturated carbocycles. The van der Waals surface area contributed by atoms with Gasteiger partial charge >= 0.3 is 0 Å². The predicted octanol–water partition coefficient (Wildman–Crippen LogP) is 1.07. The Bertz CT molecular complexity index is 889. The molecule has 9 heteroatoms. The van der Waals surface area contributed by atoms with Crippen LogP contribution in [0.4, 0.5) is 4.39 Å². The molecule has 1 aromatic carbocycles. The topological polar surface area (TPSA) is 96.8 Å². The molecular weight excluding hydrogens is 361 g/mol. The van der Waals surface area contributed by atoms with E-state index in [1.165, 1.54) is 22.5 Å². The molecule has 2 N–H and O–H groups in total. The summed E-state index contributed by atoms with van der Waals surface area (Å²) in [6.07, 6.45) is 0.569. The maximum atomic E-state index is 13.7. The summed E-state index contributed by atoms with van der Waals surface area (Å²) in [5, 5.41) is -0.286. The van der Waals surface area contributed by atoms with Gasteiger partial charge in [-0.05, 0) is 30.2 Å². The summed E-state index contributed by atoms with van der Waals surface area (Å²) in [5.41, 5.74) is 5.73. The summed E-state index contributed by atoms with van der Waals surface area (Å²) >= 11 is 0. The first-order valence-corrected chi connectivity index (χ1v) is 9.67. The molecule has 140 valence electrons. The molecule has 1 fully saturated rings. The summed E-state index contributed by atoms with van der Waals surface area (Å²) in [4.78, 5) is 13.2. The molecular formula is C17H20FN3O4S. The number of halogens is 1. The number of amides is 1. The number of carbonyl (C=O) groups is 1. The molecule has 0 spiro atoms. The zero-order valence-corrected chi connectivity index (χ0v) is 14.9. The van der Waals surface area contributed by atoms with Crippen LogP contribution in [0.3, 0.4) is 0 Å². The van der Waals surface area contributed by atoms with Gasteiger partial charge in [-0.1, -0.05) is 18.2 Å². The van der Waals surface area contributed by atoms with E-state index in [2.05, 4.69) is 4.90 Å². The second-order valence-corrected chi connectivity index (χ2v) is 7.94. The van der Waals surface area contributed by atoms with E-state index in [0.29, 0.717) is 44.7 Å². The van der Waals surface area contributed by atoms with Crippen LogP contribution in [0.2, 0.25) is 0 Å². The van der Waals surface area contributed by atoms with Crippen LogP contribution < -0.4 is 5.73 Å². The smallest absolute Gasteiger partial charge is 0.284 e. The van der Waals surface area contributed by atoms with Crippen LogP contribution in [0.25, 0.3) is 0 Å². The number of sulfonamides is 1. The summed E-state index contributed by atoms with van der Waals surface area (Å²) < 4.78 is 45.2. The highest BCUT2D eigenvalue weighted by molar-refractivity contribution is 7.89. The minimum absolute atomic E-state index is 0.188. The quantitative estimate of drug-likeness (QED) is 0.807. The first-order chi connectivity index (χ1) is 12.4. The van der Waals surface area contributed by atoms with Crippen molar-refractivity contribution in [2.75, 3.05) is 32.7 Å². The monoisotopic (exact) mass is 381 g/mol. The fraction of sp³-hybridized carbons (Fsp3) is 0.353. The zero-order valence-electron chi connectivity index (χ0n) is 14.1. The molecule has 7 nitrogen and oxygen atoms in total. The molecule has 1 aliphatic heterocycles. The average molecular weight is 381 g/mol. The van der Waals surface area contributed by atoms with Crippen LogP contribution in [0.5, 0.6) is 0 Å². The highest BCUT2D eigenvalue weighted by atomic mass is 32.2. The van der Waals surface area contributed by atoms with E-state index in [0.717, 1.165) is 0 Å². The average Bonchev–Trinajstić information content (AvgIpc) is 3.13. The number of carbonyl (C=O) groups excluding carboxylic acids is 1. The lowest BCUT2D eigenvalue weighted by atomic mass is 10.1. The standard InChI is InChI=1S/C17H20FN3O4S/c18-14-4-2-1-3-13(14)7-8-20-9-11-21(12-10-20)26(23,24)16-6-5-15(25-16)17(19)22/h1-6H,7-12H2,(H2,19,22). The summed E-state index contributed by atoms with van der Waals surface area (Å²) in [7, 11) is -3.80. The highest BCUT2D eigenvalue weighted by Gasteiger charge is 2.31. The maximum Gasteiger partial charge on any atom is 0.284 e.